The van der Waals surface area contributed by atoms with Crippen LogP contribution in [0.15, 0.2) is 12.3 Å². The lowest BCUT2D eigenvalue weighted by atomic mass is 10.1. The predicted molar refractivity (Wildman–Crippen MR) is 32.9 cm³/mol. The zero-order valence-corrected chi connectivity index (χ0v) is 5.00. The van der Waals surface area contributed by atoms with E-state index in [0.29, 0.717) is 6.42 Å². The van der Waals surface area contributed by atoms with Crippen LogP contribution in [0.3, 0.4) is 0 Å². The summed E-state index contributed by atoms with van der Waals surface area (Å²) in [6, 6.07) is -0.366. The van der Waals surface area contributed by atoms with Gasteiger partial charge in [0, 0.05) is 0 Å². The summed E-state index contributed by atoms with van der Waals surface area (Å²) in [7, 11) is 0. The Bertz CT molecular complexity index is 142. The van der Waals surface area contributed by atoms with Crippen LogP contribution in [0.4, 0.5) is 0 Å². The lowest BCUT2D eigenvalue weighted by molar-refractivity contribution is -0.139. The van der Waals surface area contributed by atoms with Gasteiger partial charge in [-0.1, -0.05) is 6.08 Å². The Balaban J connectivity index is 2.44. The zero-order chi connectivity index (χ0) is 6.69. The third kappa shape index (κ3) is 1.45. The Kier molecular flexibility index (Phi) is 1.72. The number of nitrogens with one attached hydrogen (secondary N) is 1. The van der Waals surface area contributed by atoms with Crippen LogP contribution < -0.4 is 5.32 Å². The molecule has 9 heavy (non-hydrogen) atoms. The Morgan fingerprint density at radius 2 is 2.56 bits per heavy atom. The average Bonchev–Trinajstić information content (AvgIpc) is 1.90. The molecule has 0 fully saturated rings. The summed E-state index contributed by atoms with van der Waals surface area (Å²) in [6.07, 6.45) is 5.19. The summed E-state index contributed by atoms with van der Waals surface area (Å²) in [6.45, 7) is 0. The van der Waals surface area contributed by atoms with Crippen molar-refractivity contribution in [2.45, 2.75) is 18.9 Å². The smallest absolute Gasteiger partial charge is 0.326 e. The molecule has 1 rings (SSSR count). The SMILES string of the molecule is O=C(O)C1CCC=CN1. The number of carboxylic acid groups (broad SMARTS) is 1. The van der Waals surface area contributed by atoms with Crippen molar-refractivity contribution in [1.82, 2.24) is 5.32 Å². The molecule has 0 aliphatic carbocycles. The highest BCUT2D eigenvalue weighted by atomic mass is 16.4. The molecule has 2 N–H and O–H groups in total. The van der Waals surface area contributed by atoms with Crippen LogP contribution in [0.5, 0.6) is 0 Å². The molecule has 50 valence electrons. The molecular formula is C6H9NO2. The van der Waals surface area contributed by atoms with E-state index >= 15 is 0 Å². The zero-order valence-electron chi connectivity index (χ0n) is 5.00. The Morgan fingerprint density at radius 3 is 2.89 bits per heavy atom. The number of rotatable bonds is 1. The monoisotopic (exact) mass is 127 g/mol. The molecule has 0 saturated heterocycles. The van der Waals surface area contributed by atoms with E-state index in [0.717, 1.165) is 6.42 Å². The highest BCUT2D eigenvalue weighted by Gasteiger charge is 2.15. The first-order valence-corrected chi connectivity index (χ1v) is 2.94. The average molecular weight is 127 g/mol. The maximum absolute atomic E-state index is 10.3. The van der Waals surface area contributed by atoms with Gasteiger partial charge in [-0.15, -0.1) is 0 Å². The second kappa shape index (κ2) is 2.53. The second-order valence-corrected chi connectivity index (χ2v) is 2.04. The van der Waals surface area contributed by atoms with E-state index in [-0.39, 0.29) is 6.04 Å². The first kappa shape index (κ1) is 6.13. The number of hydrogen-bond donors (Lipinski definition) is 2. The Labute approximate surface area is 53.4 Å². The highest BCUT2D eigenvalue weighted by molar-refractivity contribution is 5.73. The van der Waals surface area contributed by atoms with Crippen molar-refractivity contribution in [3.05, 3.63) is 12.3 Å². The van der Waals surface area contributed by atoms with E-state index in [1.54, 1.807) is 6.20 Å². The lowest BCUT2D eigenvalue weighted by Crippen LogP contribution is -2.34. The second-order valence-electron chi connectivity index (χ2n) is 2.04. The van der Waals surface area contributed by atoms with Gasteiger partial charge in [-0.25, -0.2) is 4.79 Å². The van der Waals surface area contributed by atoms with Crippen LogP contribution in [0, 0.1) is 0 Å². The van der Waals surface area contributed by atoms with Gasteiger partial charge in [0.05, 0.1) is 0 Å². The van der Waals surface area contributed by atoms with Crippen molar-refractivity contribution < 1.29 is 9.90 Å². The van der Waals surface area contributed by atoms with Gasteiger partial charge >= 0.3 is 5.97 Å². The van der Waals surface area contributed by atoms with E-state index in [1.807, 2.05) is 6.08 Å². The molecule has 0 bridgehead atoms. The topological polar surface area (TPSA) is 49.3 Å². The molecule has 3 heteroatoms. The number of aliphatic carboxylic acids is 1. The maximum Gasteiger partial charge on any atom is 0.326 e. The van der Waals surface area contributed by atoms with E-state index in [2.05, 4.69) is 5.32 Å². The fourth-order valence-electron chi connectivity index (χ4n) is 0.809. The largest absolute Gasteiger partial charge is 0.480 e. The normalized spacial score (nSPS) is 25.1. The standard InChI is InChI=1S/C6H9NO2/c8-6(9)5-3-1-2-4-7-5/h2,4-5,7H,1,3H2,(H,8,9). The van der Waals surface area contributed by atoms with Gasteiger partial charge in [0.25, 0.3) is 0 Å². The fourth-order valence-corrected chi connectivity index (χ4v) is 0.809. The van der Waals surface area contributed by atoms with Gasteiger partial charge in [0.15, 0.2) is 0 Å². The molecule has 1 unspecified atom stereocenters. The number of hydrogen-bond acceptors (Lipinski definition) is 2. The van der Waals surface area contributed by atoms with Gasteiger partial charge < -0.3 is 10.4 Å². The van der Waals surface area contributed by atoms with Crippen molar-refractivity contribution in [3.63, 3.8) is 0 Å². The van der Waals surface area contributed by atoms with Crippen molar-refractivity contribution >= 4 is 5.97 Å². The fraction of sp³-hybridized carbons (Fsp3) is 0.500. The molecule has 1 heterocycles. The minimum Gasteiger partial charge on any atom is -0.480 e. The highest BCUT2D eigenvalue weighted by Crippen LogP contribution is 2.02. The molecule has 0 aromatic heterocycles. The predicted octanol–water partition coefficient (Wildman–Crippen LogP) is 0.337. The maximum atomic E-state index is 10.3. The Hall–Kier alpha value is -0.990. The molecule has 0 amide bonds. The van der Waals surface area contributed by atoms with Gasteiger partial charge in [0.2, 0.25) is 0 Å². The molecule has 1 aliphatic heterocycles. The molecule has 0 radical (unpaired) electrons. The number of allylic oxidation sites excluding steroid dienone is 1. The molecule has 1 atom stereocenters. The molecule has 0 spiro atoms. The quantitative estimate of drug-likeness (QED) is 0.534. The molecule has 0 aromatic carbocycles. The Morgan fingerprint density at radius 1 is 1.78 bits per heavy atom. The van der Waals surface area contributed by atoms with Crippen molar-refractivity contribution in [3.8, 4) is 0 Å². The first-order valence-electron chi connectivity index (χ1n) is 2.94. The first-order chi connectivity index (χ1) is 4.30. The van der Waals surface area contributed by atoms with Crippen LogP contribution in [-0.4, -0.2) is 17.1 Å². The third-order valence-corrected chi connectivity index (χ3v) is 1.34. The minimum atomic E-state index is -0.764. The van der Waals surface area contributed by atoms with Gasteiger partial charge in [0.1, 0.15) is 6.04 Å². The molecular weight excluding hydrogens is 118 g/mol. The third-order valence-electron chi connectivity index (χ3n) is 1.34. The van der Waals surface area contributed by atoms with Crippen molar-refractivity contribution in [2.24, 2.45) is 0 Å². The summed E-state index contributed by atoms with van der Waals surface area (Å²) in [5.74, 6) is -0.764. The summed E-state index contributed by atoms with van der Waals surface area (Å²) in [4.78, 5) is 10.3. The van der Waals surface area contributed by atoms with E-state index in [4.69, 9.17) is 5.11 Å². The molecule has 1 aliphatic rings. The van der Waals surface area contributed by atoms with E-state index in [9.17, 15) is 4.79 Å². The molecule has 3 nitrogen and oxygen atoms in total. The van der Waals surface area contributed by atoms with Crippen molar-refractivity contribution in [2.75, 3.05) is 0 Å². The minimum absolute atomic E-state index is 0.366. The van der Waals surface area contributed by atoms with Crippen LogP contribution >= 0.6 is 0 Å². The van der Waals surface area contributed by atoms with Crippen LogP contribution in [0.2, 0.25) is 0 Å². The number of carboxylic acids is 1. The van der Waals surface area contributed by atoms with Crippen LogP contribution in [0.1, 0.15) is 12.8 Å². The van der Waals surface area contributed by atoms with E-state index < -0.39 is 5.97 Å². The van der Waals surface area contributed by atoms with Gasteiger partial charge in [-0.05, 0) is 19.0 Å². The summed E-state index contributed by atoms with van der Waals surface area (Å²) >= 11 is 0. The van der Waals surface area contributed by atoms with Crippen molar-refractivity contribution in [1.29, 1.82) is 0 Å². The van der Waals surface area contributed by atoms with Gasteiger partial charge in [-0.3, -0.25) is 0 Å². The summed E-state index contributed by atoms with van der Waals surface area (Å²) in [5, 5.41) is 11.2. The lowest BCUT2D eigenvalue weighted by Gasteiger charge is -2.14. The van der Waals surface area contributed by atoms with Gasteiger partial charge in [-0.2, -0.15) is 0 Å². The molecule has 0 saturated carbocycles. The van der Waals surface area contributed by atoms with E-state index in [1.165, 1.54) is 0 Å². The summed E-state index contributed by atoms with van der Waals surface area (Å²) in [5.41, 5.74) is 0. The number of carbonyl (C=O) groups is 1. The molecule has 0 aromatic rings. The van der Waals surface area contributed by atoms with Crippen LogP contribution in [-0.2, 0) is 4.79 Å². The summed E-state index contributed by atoms with van der Waals surface area (Å²) < 4.78 is 0. The van der Waals surface area contributed by atoms with Crippen LogP contribution in [0.25, 0.3) is 0 Å².